The van der Waals surface area contributed by atoms with Crippen molar-refractivity contribution >= 4 is 10.3 Å². The van der Waals surface area contributed by atoms with Gasteiger partial charge in [-0.3, -0.25) is 4.55 Å². The Morgan fingerprint density at radius 1 is 0.710 bits per heavy atom. The van der Waals surface area contributed by atoms with E-state index in [-0.39, 0.29) is 6.04 Å². The average Bonchev–Trinajstić information content (AvgIpc) is 2.67. The van der Waals surface area contributed by atoms with Gasteiger partial charge < -0.3 is 4.48 Å². The first kappa shape index (κ1) is 30.8. The summed E-state index contributed by atoms with van der Waals surface area (Å²) in [6.45, 7) is 3.63. The summed E-state index contributed by atoms with van der Waals surface area (Å²) in [4.78, 5) is 0. The average molecular weight is 464 g/mol. The summed E-state index contributed by atoms with van der Waals surface area (Å²) in [5, 5.41) is 0. The standard InChI is InChI=1S/C19H42N.C6H13NO3S/c1-5-6-7-8-9-10-11-12-13-14-15-16-17-18-19-20(2,3)4;8-11(9,10)7-6-4-2-1-3-5-6/h5-19H2,1-4H3;6-7H,1-5H2,(H,8,9,10)/q+1;. The van der Waals surface area contributed by atoms with Crippen LogP contribution in [0.5, 0.6) is 0 Å². The van der Waals surface area contributed by atoms with Gasteiger partial charge in [0.1, 0.15) is 0 Å². The highest BCUT2D eigenvalue weighted by molar-refractivity contribution is 7.83. The lowest BCUT2D eigenvalue weighted by molar-refractivity contribution is -0.870. The van der Waals surface area contributed by atoms with Crippen molar-refractivity contribution in [2.45, 2.75) is 135 Å². The Labute approximate surface area is 195 Å². The molecule has 1 aliphatic rings. The lowest BCUT2D eigenvalue weighted by atomic mass is 9.96. The molecule has 2 N–H and O–H groups in total. The van der Waals surface area contributed by atoms with E-state index in [2.05, 4.69) is 32.8 Å². The Kier molecular flexibility index (Phi) is 19.2. The van der Waals surface area contributed by atoms with Gasteiger partial charge in [-0.15, -0.1) is 0 Å². The van der Waals surface area contributed by atoms with Crippen molar-refractivity contribution in [2.24, 2.45) is 0 Å². The minimum atomic E-state index is -3.97. The second-order valence-electron chi connectivity index (χ2n) is 10.5. The van der Waals surface area contributed by atoms with Gasteiger partial charge in [0.15, 0.2) is 0 Å². The van der Waals surface area contributed by atoms with Gasteiger partial charge in [-0.25, -0.2) is 0 Å². The minimum Gasteiger partial charge on any atom is -0.331 e. The van der Waals surface area contributed by atoms with Crippen LogP contribution in [-0.4, -0.2) is 51.2 Å². The fraction of sp³-hybridized carbons (Fsp3) is 1.00. The third-order valence-electron chi connectivity index (χ3n) is 6.10. The molecule has 0 aromatic rings. The lowest BCUT2D eigenvalue weighted by Crippen LogP contribution is -2.35. The van der Waals surface area contributed by atoms with E-state index in [0.717, 1.165) is 30.2 Å². The Hall–Kier alpha value is -0.170. The van der Waals surface area contributed by atoms with E-state index < -0.39 is 10.3 Å². The molecule has 1 aliphatic carbocycles. The molecule has 0 aromatic heterocycles. The molecule has 0 atom stereocenters. The van der Waals surface area contributed by atoms with Crippen molar-refractivity contribution in [3.63, 3.8) is 0 Å². The van der Waals surface area contributed by atoms with Crippen molar-refractivity contribution in [1.82, 2.24) is 4.72 Å². The van der Waals surface area contributed by atoms with E-state index in [9.17, 15) is 8.42 Å². The third kappa shape index (κ3) is 26.0. The highest BCUT2D eigenvalue weighted by Gasteiger charge is 2.17. The Morgan fingerprint density at radius 2 is 1.10 bits per heavy atom. The van der Waals surface area contributed by atoms with Gasteiger partial charge in [-0.05, 0) is 25.7 Å². The molecule has 0 saturated heterocycles. The van der Waals surface area contributed by atoms with Gasteiger partial charge in [-0.1, -0.05) is 103 Å². The normalized spacial score (nSPS) is 15.5. The molecule has 0 spiro atoms. The van der Waals surface area contributed by atoms with Crippen molar-refractivity contribution in [3.05, 3.63) is 0 Å². The highest BCUT2D eigenvalue weighted by Crippen LogP contribution is 2.17. The van der Waals surface area contributed by atoms with Gasteiger partial charge in [0.25, 0.3) is 0 Å². The first-order valence-electron chi connectivity index (χ1n) is 13.2. The summed E-state index contributed by atoms with van der Waals surface area (Å²) in [6.07, 6.45) is 25.3. The van der Waals surface area contributed by atoms with Crippen LogP contribution in [0.2, 0.25) is 0 Å². The van der Waals surface area contributed by atoms with Gasteiger partial charge >= 0.3 is 10.3 Å². The molecule has 0 unspecified atom stereocenters. The Balaban J connectivity index is 0.000000683. The Bertz CT molecular complexity index is 483. The molecule has 6 heteroatoms. The van der Waals surface area contributed by atoms with Crippen LogP contribution in [0.4, 0.5) is 0 Å². The van der Waals surface area contributed by atoms with Crippen molar-refractivity contribution in [3.8, 4) is 0 Å². The first-order valence-corrected chi connectivity index (χ1v) is 14.6. The van der Waals surface area contributed by atoms with Crippen LogP contribution in [0, 0.1) is 0 Å². The molecule has 0 heterocycles. The number of rotatable bonds is 17. The third-order valence-corrected chi connectivity index (χ3v) is 6.73. The van der Waals surface area contributed by atoms with Gasteiger partial charge in [0.05, 0.1) is 27.7 Å². The summed E-state index contributed by atoms with van der Waals surface area (Å²) in [6, 6.07) is -0.0428. The van der Waals surface area contributed by atoms with Crippen LogP contribution in [0.1, 0.15) is 129 Å². The largest absolute Gasteiger partial charge is 0.333 e. The van der Waals surface area contributed by atoms with E-state index in [0.29, 0.717) is 0 Å². The predicted octanol–water partition coefficient (Wildman–Crippen LogP) is 6.89. The van der Waals surface area contributed by atoms with Crippen molar-refractivity contribution in [1.29, 1.82) is 0 Å². The van der Waals surface area contributed by atoms with Crippen LogP contribution in [0.15, 0.2) is 0 Å². The SMILES string of the molecule is CCCCCCCCCCCCCCCC[N+](C)(C)C.O=S(=O)(O)NC1CCCCC1. The second kappa shape index (κ2) is 19.3. The van der Waals surface area contributed by atoms with E-state index in [1.807, 2.05) is 0 Å². The van der Waals surface area contributed by atoms with E-state index in [4.69, 9.17) is 4.55 Å². The van der Waals surface area contributed by atoms with Crippen LogP contribution >= 0.6 is 0 Å². The predicted molar refractivity (Wildman–Crippen MR) is 135 cm³/mol. The smallest absolute Gasteiger partial charge is 0.331 e. The Morgan fingerprint density at radius 3 is 1.45 bits per heavy atom. The van der Waals surface area contributed by atoms with Crippen LogP contribution < -0.4 is 4.72 Å². The summed E-state index contributed by atoms with van der Waals surface area (Å²) in [7, 11) is 2.91. The molecule has 0 amide bonds. The van der Waals surface area contributed by atoms with E-state index >= 15 is 0 Å². The highest BCUT2D eigenvalue weighted by atomic mass is 32.2. The molecule has 0 radical (unpaired) electrons. The zero-order valence-electron chi connectivity index (χ0n) is 21.3. The lowest BCUT2D eigenvalue weighted by Gasteiger charge is -2.23. The van der Waals surface area contributed by atoms with Gasteiger partial charge in [0, 0.05) is 6.04 Å². The molecular formula is C25H55N2O3S+. The fourth-order valence-electron chi connectivity index (χ4n) is 4.21. The summed E-state index contributed by atoms with van der Waals surface area (Å²) in [5.41, 5.74) is 0. The number of nitrogens with one attached hydrogen (secondary N) is 1. The van der Waals surface area contributed by atoms with Crippen LogP contribution in [0.25, 0.3) is 0 Å². The quantitative estimate of drug-likeness (QED) is 0.140. The molecular weight excluding hydrogens is 408 g/mol. The zero-order chi connectivity index (χ0) is 23.4. The maximum atomic E-state index is 10.3. The zero-order valence-corrected chi connectivity index (χ0v) is 22.2. The molecule has 188 valence electrons. The van der Waals surface area contributed by atoms with E-state index in [1.54, 1.807) is 0 Å². The maximum Gasteiger partial charge on any atom is 0.333 e. The molecule has 1 rings (SSSR count). The summed E-state index contributed by atoms with van der Waals surface area (Å²) in [5.74, 6) is 0. The topological polar surface area (TPSA) is 66.4 Å². The number of unbranched alkanes of at least 4 members (excludes halogenated alkanes) is 13. The molecule has 1 fully saturated rings. The first-order chi connectivity index (χ1) is 14.6. The van der Waals surface area contributed by atoms with Crippen molar-refractivity contribution < 1.29 is 17.5 Å². The van der Waals surface area contributed by atoms with Crippen LogP contribution in [-0.2, 0) is 10.3 Å². The molecule has 5 nitrogen and oxygen atoms in total. The van der Waals surface area contributed by atoms with Gasteiger partial charge in [0.2, 0.25) is 0 Å². The number of hydrogen-bond acceptors (Lipinski definition) is 2. The van der Waals surface area contributed by atoms with Gasteiger partial charge in [-0.2, -0.15) is 13.1 Å². The molecule has 1 saturated carbocycles. The number of hydrogen-bond donors (Lipinski definition) is 2. The molecule has 0 bridgehead atoms. The minimum absolute atomic E-state index is 0.0428. The fourth-order valence-corrected chi connectivity index (χ4v) is 4.87. The summed E-state index contributed by atoms with van der Waals surface area (Å²) >= 11 is 0. The molecule has 31 heavy (non-hydrogen) atoms. The number of nitrogens with zero attached hydrogens (tertiary/aromatic N) is 1. The maximum absolute atomic E-state index is 10.3. The molecule has 0 aromatic carbocycles. The molecule has 0 aliphatic heterocycles. The summed E-state index contributed by atoms with van der Waals surface area (Å²) < 4.78 is 32.4. The monoisotopic (exact) mass is 463 g/mol. The van der Waals surface area contributed by atoms with Crippen molar-refractivity contribution in [2.75, 3.05) is 27.7 Å². The van der Waals surface area contributed by atoms with Crippen LogP contribution in [0.3, 0.4) is 0 Å². The second-order valence-corrected chi connectivity index (χ2v) is 11.7. The van der Waals surface area contributed by atoms with E-state index in [1.165, 1.54) is 103 Å². The number of quaternary nitrogens is 1.